The number of carbonyl (C=O) groups excluding carboxylic acids is 1. The van der Waals surface area contributed by atoms with Crippen molar-refractivity contribution in [3.8, 4) is 17.2 Å². The van der Waals surface area contributed by atoms with Crippen LogP contribution in [0.25, 0.3) is 0 Å². The van der Waals surface area contributed by atoms with Crippen molar-refractivity contribution in [2.75, 3.05) is 20.3 Å². The van der Waals surface area contributed by atoms with Gasteiger partial charge in [-0.3, -0.25) is 4.79 Å². The molecule has 0 aromatic heterocycles. The van der Waals surface area contributed by atoms with Crippen LogP contribution in [-0.2, 0) is 10.0 Å². The molecule has 1 heterocycles. The Kier molecular flexibility index (Phi) is 4.73. The van der Waals surface area contributed by atoms with Crippen molar-refractivity contribution in [1.82, 2.24) is 4.72 Å². The number of halogens is 1. The summed E-state index contributed by atoms with van der Waals surface area (Å²) in [5, 5.41) is 0.280. The van der Waals surface area contributed by atoms with Gasteiger partial charge in [0.25, 0.3) is 15.9 Å². The van der Waals surface area contributed by atoms with Crippen molar-refractivity contribution < 1.29 is 27.4 Å². The molecule has 2 aromatic rings. The topological polar surface area (TPSA) is 90.9 Å². The molecule has 0 bridgehead atoms. The maximum Gasteiger partial charge on any atom is 0.268 e. The minimum absolute atomic E-state index is 0.0103. The van der Waals surface area contributed by atoms with Crippen LogP contribution >= 0.6 is 11.6 Å². The third kappa shape index (κ3) is 3.64. The lowest BCUT2D eigenvalue weighted by Crippen LogP contribution is -2.31. The van der Waals surface area contributed by atoms with Crippen molar-refractivity contribution in [3.05, 3.63) is 47.0 Å². The molecule has 0 atom stereocenters. The van der Waals surface area contributed by atoms with E-state index in [-0.39, 0.29) is 21.2 Å². The van der Waals surface area contributed by atoms with E-state index >= 15 is 0 Å². The third-order valence-electron chi connectivity index (χ3n) is 3.46. The van der Waals surface area contributed by atoms with Crippen LogP contribution < -0.4 is 18.9 Å². The summed E-state index contributed by atoms with van der Waals surface area (Å²) in [4.78, 5) is 12.3. The Bertz CT molecular complexity index is 928. The first-order chi connectivity index (χ1) is 11.9. The molecule has 25 heavy (non-hydrogen) atoms. The summed E-state index contributed by atoms with van der Waals surface area (Å²) < 4.78 is 42.7. The maximum absolute atomic E-state index is 12.5. The maximum atomic E-state index is 12.5. The molecule has 0 saturated carbocycles. The van der Waals surface area contributed by atoms with Gasteiger partial charge in [0, 0.05) is 11.1 Å². The van der Waals surface area contributed by atoms with Gasteiger partial charge in [-0.15, -0.1) is 0 Å². The highest BCUT2D eigenvalue weighted by atomic mass is 35.5. The molecule has 1 amide bonds. The summed E-state index contributed by atoms with van der Waals surface area (Å²) in [5.41, 5.74) is 0.0103. The van der Waals surface area contributed by atoms with Gasteiger partial charge in [0.2, 0.25) is 0 Å². The first kappa shape index (κ1) is 17.4. The average Bonchev–Trinajstić information content (AvgIpc) is 2.60. The number of rotatable bonds is 4. The molecule has 0 spiro atoms. The zero-order chi connectivity index (χ0) is 18.0. The van der Waals surface area contributed by atoms with Gasteiger partial charge in [-0.05, 0) is 30.3 Å². The zero-order valence-corrected chi connectivity index (χ0v) is 14.7. The van der Waals surface area contributed by atoms with Gasteiger partial charge in [-0.25, -0.2) is 13.1 Å². The molecular formula is C16H14ClNO6S. The number of hydrogen-bond acceptors (Lipinski definition) is 6. The highest BCUT2D eigenvalue weighted by Crippen LogP contribution is 2.32. The normalized spacial score (nSPS) is 13.2. The van der Waals surface area contributed by atoms with Crippen LogP contribution in [0.5, 0.6) is 17.2 Å². The van der Waals surface area contributed by atoms with Crippen LogP contribution in [0.2, 0.25) is 5.02 Å². The number of benzene rings is 2. The van der Waals surface area contributed by atoms with Gasteiger partial charge in [0.1, 0.15) is 19.0 Å². The van der Waals surface area contributed by atoms with E-state index < -0.39 is 15.9 Å². The van der Waals surface area contributed by atoms with E-state index in [1.54, 1.807) is 0 Å². The third-order valence-corrected chi connectivity index (χ3v) is 5.02. The average molecular weight is 384 g/mol. The minimum atomic E-state index is -4.11. The van der Waals surface area contributed by atoms with Gasteiger partial charge in [-0.2, -0.15) is 0 Å². The molecule has 7 nitrogen and oxygen atoms in total. The second-order valence-electron chi connectivity index (χ2n) is 5.08. The number of carbonyl (C=O) groups is 1. The van der Waals surface area contributed by atoms with Crippen LogP contribution in [0.15, 0.2) is 41.3 Å². The molecule has 9 heteroatoms. The smallest absolute Gasteiger partial charge is 0.268 e. The van der Waals surface area contributed by atoms with Gasteiger partial charge in [0.05, 0.1) is 17.6 Å². The number of methoxy groups -OCH3 is 1. The molecule has 3 rings (SSSR count). The molecule has 132 valence electrons. The largest absolute Gasteiger partial charge is 0.496 e. The number of nitrogens with one attached hydrogen (secondary N) is 1. The summed E-state index contributed by atoms with van der Waals surface area (Å²) in [6.45, 7) is 0.715. The second kappa shape index (κ2) is 6.81. The Balaban J connectivity index is 1.89. The first-order valence-corrected chi connectivity index (χ1v) is 9.07. The molecule has 1 aliphatic heterocycles. The Labute approximate surface area is 149 Å². The number of amides is 1. The molecule has 0 radical (unpaired) electrons. The molecule has 0 aliphatic carbocycles. The van der Waals surface area contributed by atoms with E-state index in [4.69, 9.17) is 25.8 Å². The molecule has 1 N–H and O–H groups in total. The highest BCUT2D eigenvalue weighted by Gasteiger charge is 2.23. The number of hydrogen-bond donors (Lipinski definition) is 1. The lowest BCUT2D eigenvalue weighted by Gasteiger charge is -2.19. The van der Waals surface area contributed by atoms with Crippen LogP contribution in [-0.4, -0.2) is 34.6 Å². The van der Waals surface area contributed by atoms with Gasteiger partial charge >= 0.3 is 0 Å². The van der Waals surface area contributed by atoms with Crippen molar-refractivity contribution in [1.29, 1.82) is 0 Å². The van der Waals surface area contributed by atoms with Gasteiger partial charge in [0.15, 0.2) is 11.5 Å². The van der Waals surface area contributed by atoms with Gasteiger partial charge < -0.3 is 14.2 Å². The fraction of sp³-hybridized carbons (Fsp3) is 0.188. The van der Waals surface area contributed by atoms with Crippen LogP contribution in [0, 0.1) is 0 Å². The molecule has 1 aliphatic rings. The number of sulfonamides is 1. The van der Waals surface area contributed by atoms with Crippen molar-refractivity contribution in [2.24, 2.45) is 0 Å². The van der Waals surface area contributed by atoms with Crippen LogP contribution in [0.3, 0.4) is 0 Å². The minimum Gasteiger partial charge on any atom is -0.496 e. The molecule has 0 saturated heterocycles. The number of fused-ring (bicyclic) bond motifs is 1. The Hall–Kier alpha value is -2.45. The Morgan fingerprint density at radius 3 is 2.56 bits per heavy atom. The van der Waals surface area contributed by atoms with Crippen molar-refractivity contribution >= 4 is 27.5 Å². The predicted octanol–water partition coefficient (Wildman–Crippen LogP) is 2.24. The monoisotopic (exact) mass is 383 g/mol. The Morgan fingerprint density at radius 2 is 1.84 bits per heavy atom. The second-order valence-corrected chi connectivity index (χ2v) is 7.20. The van der Waals surface area contributed by atoms with E-state index in [9.17, 15) is 13.2 Å². The zero-order valence-electron chi connectivity index (χ0n) is 13.1. The van der Waals surface area contributed by atoms with E-state index in [1.165, 1.54) is 43.5 Å². The van der Waals surface area contributed by atoms with Crippen LogP contribution in [0.4, 0.5) is 0 Å². The highest BCUT2D eigenvalue weighted by molar-refractivity contribution is 7.90. The predicted molar refractivity (Wildman–Crippen MR) is 90.1 cm³/mol. The SMILES string of the molecule is COc1ccc(Cl)cc1C(=O)NS(=O)(=O)c1ccc2c(c1)OCCO2. The molecule has 0 fully saturated rings. The van der Waals surface area contributed by atoms with Crippen molar-refractivity contribution in [2.45, 2.75) is 4.90 Å². The van der Waals surface area contributed by atoms with E-state index in [0.29, 0.717) is 24.7 Å². The summed E-state index contributed by atoms with van der Waals surface area (Å²) in [6.07, 6.45) is 0. The van der Waals surface area contributed by atoms with E-state index in [0.717, 1.165) is 0 Å². The van der Waals surface area contributed by atoms with E-state index in [1.807, 2.05) is 4.72 Å². The fourth-order valence-electron chi connectivity index (χ4n) is 2.28. The lowest BCUT2D eigenvalue weighted by atomic mass is 10.2. The molecular weight excluding hydrogens is 370 g/mol. The standard InChI is InChI=1S/C16H14ClNO6S/c1-22-13-4-2-10(17)8-12(13)16(19)18-25(20,21)11-3-5-14-15(9-11)24-7-6-23-14/h2-5,8-9H,6-7H2,1H3,(H,18,19). The summed E-state index contributed by atoms with van der Waals surface area (Å²) in [7, 11) is -2.74. The summed E-state index contributed by atoms with van der Waals surface area (Å²) in [6, 6.07) is 8.46. The molecule has 0 unspecified atom stereocenters. The summed E-state index contributed by atoms with van der Waals surface area (Å²) >= 11 is 5.87. The number of ether oxygens (including phenoxy) is 3. The summed E-state index contributed by atoms with van der Waals surface area (Å²) in [5.74, 6) is 0.114. The van der Waals surface area contributed by atoms with Gasteiger partial charge in [-0.1, -0.05) is 11.6 Å². The molecule has 2 aromatic carbocycles. The first-order valence-electron chi connectivity index (χ1n) is 7.21. The fourth-order valence-corrected chi connectivity index (χ4v) is 3.44. The quantitative estimate of drug-likeness (QED) is 0.870. The Morgan fingerprint density at radius 1 is 1.12 bits per heavy atom. The van der Waals surface area contributed by atoms with E-state index in [2.05, 4.69) is 0 Å². The van der Waals surface area contributed by atoms with Crippen molar-refractivity contribution in [3.63, 3.8) is 0 Å². The van der Waals surface area contributed by atoms with Crippen LogP contribution in [0.1, 0.15) is 10.4 Å². The lowest BCUT2D eigenvalue weighted by molar-refractivity contribution is 0.0978.